The minimum Gasteiger partial charge on any atom is -0.497 e. The number of hydrogen-bond donors (Lipinski definition) is 0. The molecule has 7 heteroatoms. The van der Waals surface area contributed by atoms with Crippen LogP contribution >= 0.6 is 11.3 Å². The number of hydrogen-bond acceptors (Lipinski definition) is 6. The first-order chi connectivity index (χ1) is 14.7. The van der Waals surface area contributed by atoms with Crippen LogP contribution < -0.4 is 14.4 Å². The van der Waals surface area contributed by atoms with Gasteiger partial charge in [0.25, 0.3) is 0 Å². The number of aromatic nitrogens is 1. The van der Waals surface area contributed by atoms with Crippen molar-refractivity contribution in [3.63, 3.8) is 0 Å². The predicted molar refractivity (Wildman–Crippen MR) is 119 cm³/mol. The predicted octanol–water partition coefficient (Wildman–Crippen LogP) is 4.46. The van der Waals surface area contributed by atoms with Gasteiger partial charge in [0.2, 0.25) is 5.91 Å². The van der Waals surface area contributed by atoms with Crippen molar-refractivity contribution in [2.45, 2.75) is 32.3 Å². The Kier molecular flexibility index (Phi) is 6.50. The first kappa shape index (κ1) is 20.6. The number of amides is 1. The third kappa shape index (κ3) is 4.74. The first-order valence-corrected chi connectivity index (χ1v) is 11.1. The van der Waals surface area contributed by atoms with Gasteiger partial charge in [0.1, 0.15) is 11.5 Å². The highest BCUT2D eigenvalue weighted by molar-refractivity contribution is 7.22. The Bertz CT molecular complexity index is 996. The van der Waals surface area contributed by atoms with Crippen LogP contribution in [0.5, 0.6) is 11.5 Å². The molecule has 1 saturated heterocycles. The van der Waals surface area contributed by atoms with Crippen LogP contribution in [0, 0.1) is 0 Å². The van der Waals surface area contributed by atoms with E-state index in [9.17, 15) is 4.79 Å². The standard InChI is InChI=1S/C23H26N2O4S/c1-3-28-17-8-6-16(7-9-17)13-22(26)25(15-19-5-4-12-29-19)23-24-20-11-10-18(27-2)14-21(20)30-23/h6-11,14,19H,3-5,12-13,15H2,1-2H3. The van der Waals surface area contributed by atoms with Gasteiger partial charge in [-0.2, -0.15) is 0 Å². The Balaban J connectivity index is 1.57. The van der Waals surface area contributed by atoms with Crippen molar-refractivity contribution in [1.29, 1.82) is 0 Å². The molecule has 30 heavy (non-hydrogen) atoms. The first-order valence-electron chi connectivity index (χ1n) is 10.2. The monoisotopic (exact) mass is 426 g/mol. The zero-order valence-electron chi connectivity index (χ0n) is 17.3. The number of carbonyl (C=O) groups is 1. The molecule has 158 valence electrons. The Morgan fingerprint density at radius 3 is 2.73 bits per heavy atom. The highest BCUT2D eigenvalue weighted by Crippen LogP contribution is 2.32. The summed E-state index contributed by atoms with van der Waals surface area (Å²) in [7, 11) is 1.65. The Morgan fingerprint density at radius 1 is 1.23 bits per heavy atom. The number of ether oxygens (including phenoxy) is 3. The topological polar surface area (TPSA) is 60.9 Å². The van der Waals surface area contributed by atoms with E-state index in [2.05, 4.69) is 0 Å². The summed E-state index contributed by atoms with van der Waals surface area (Å²) in [5, 5.41) is 0.699. The van der Waals surface area contributed by atoms with Crippen LogP contribution in [0.4, 0.5) is 5.13 Å². The van der Waals surface area contributed by atoms with Gasteiger partial charge >= 0.3 is 0 Å². The molecule has 0 radical (unpaired) electrons. The van der Waals surface area contributed by atoms with Gasteiger partial charge in [-0.25, -0.2) is 4.98 Å². The molecule has 0 spiro atoms. The number of anilines is 1. The summed E-state index contributed by atoms with van der Waals surface area (Å²) in [4.78, 5) is 19.8. The molecule has 2 aromatic carbocycles. The van der Waals surface area contributed by atoms with Gasteiger partial charge in [0, 0.05) is 6.61 Å². The van der Waals surface area contributed by atoms with E-state index in [4.69, 9.17) is 19.2 Å². The van der Waals surface area contributed by atoms with E-state index >= 15 is 0 Å². The van der Waals surface area contributed by atoms with E-state index in [-0.39, 0.29) is 12.0 Å². The molecule has 1 atom stereocenters. The highest BCUT2D eigenvalue weighted by Gasteiger charge is 2.26. The number of thiazole rings is 1. The molecule has 1 amide bonds. The molecule has 1 unspecified atom stereocenters. The number of nitrogens with zero attached hydrogens (tertiary/aromatic N) is 2. The van der Waals surface area contributed by atoms with Gasteiger partial charge in [-0.1, -0.05) is 23.5 Å². The zero-order chi connectivity index (χ0) is 20.9. The lowest BCUT2D eigenvalue weighted by molar-refractivity contribution is -0.118. The lowest BCUT2D eigenvalue weighted by Gasteiger charge is -2.23. The molecule has 1 aliphatic heterocycles. The number of methoxy groups -OCH3 is 1. The second-order valence-corrected chi connectivity index (χ2v) is 8.23. The normalized spacial score (nSPS) is 16.0. The average molecular weight is 427 g/mol. The van der Waals surface area contributed by atoms with Crippen LogP contribution in [0.3, 0.4) is 0 Å². The quantitative estimate of drug-likeness (QED) is 0.532. The second-order valence-electron chi connectivity index (χ2n) is 7.22. The maximum Gasteiger partial charge on any atom is 0.233 e. The Hall–Kier alpha value is -2.64. The molecule has 6 nitrogen and oxygen atoms in total. The summed E-state index contributed by atoms with van der Waals surface area (Å²) in [6, 6.07) is 13.5. The molecule has 1 aromatic heterocycles. The summed E-state index contributed by atoms with van der Waals surface area (Å²) < 4.78 is 17.6. The summed E-state index contributed by atoms with van der Waals surface area (Å²) in [5.74, 6) is 1.61. The molecule has 0 saturated carbocycles. The van der Waals surface area contributed by atoms with E-state index in [0.717, 1.165) is 46.7 Å². The van der Waals surface area contributed by atoms with Crippen molar-refractivity contribution in [1.82, 2.24) is 4.98 Å². The smallest absolute Gasteiger partial charge is 0.233 e. The average Bonchev–Trinajstić information content (AvgIpc) is 3.42. The fraction of sp³-hybridized carbons (Fsp3) is 0.391. The number of carbonyl (C=O) groups excluding carboxylic acids is 1. The van der Waals surface area contributed by atoms with Crippen LogP contribution in [0.15, 0.2) is 42.5 Å². The van der Waals surface area contributed by atoms with Crippen molar-refractivity contribution in [3.05, 3.63) is 48.0 Å². The molecular formula is C23H26N2O4S. The summed E-state index contributed by atoms with van der Waals surface area (Å²) in [6.45, 7) is 3.85. The van der Waals surface area contributed by atoms with Crippen LogP contribution in [0.2, 0.25) is 0 Å². The van der Waals surface area contributed by atoms with Crippen molar-refractivity contribution < 1.29 is 19.0 Å². The fourth-order valence-corrected chi connectivity index (χ4v) is 4.57. The van der Waals surface area contributed by atoms with Gasteiger partial charge < -0.3 is 14.2 Å². The minimum atomic E-state index is 0.0145. The third-order valence-corrected chi connectivity index (χ3v) is 6.16. The van der Waals surface area contributed by atoms with Crippen LogP contribution in [0.1, 0.15) is 25.3 Å². The SMILES string of the molecule is CCOc1ccc(CC(=O)N(CC2CCCO2)c2nc3ccc(OC)cc3s2)cc1. The van der Waals surface area contributed by atoms with E-state index in [1.165, 1.54) is 11.3 Å². The van der Waals surface area contributed by atoms with Crippen molar-refractivity contribution >= 4 is 32.6 Å². The molecule has 0 aliphatic carbocycles. The van der Waals surface area contributed by atoms with Gasteiger partial charge in [0.05, 0.1) is 43.0 Å². The van der Waals surface area contributed by atoms with E-state index in [1.54, 1.807) is 12.0 Å². The molecule has 4 rings (SSSR count). The Labute approximate surface area is 180 Å². The molecule has 2 heterocycles. The van der Waals surface area contributed by atoms with Crippen LogP contribution in [-0.2, 0) is 16.0 Å². The fourth-order valence-electron chi connectivity index (χ4n) is 3.55. The molecular weight excluding hydrogens is 400 g/mol. The van der Waals surface area contributed by atoms with Gasteiger partial charge in [-0.3, -0.25) is 9.69 Å². The van der Waals surface area contributed by atoms with Crippen LogP contribution in [-0.4, -0.2) is 43.9 Å². The lowest BCUT2D eigenvalue weighted by Crippen LogP contribution is -2.38. The Morgan fingerprint density at radius 2 is 2.03 bits per heavy atom. The maximum atomic E-state index is 13.3. The second kappa shape index (κ2) is 9.45. The van der Waals surface area contributed by atoms with Crippen molar-refractivity contribution in [3.8, 4) is 11.5 Å². The van der Waals surface area contributed by atoms with E-state index in [1.807, 2.05) is 49.4 Å². The molecule has 0 bridgehead atoms. The minimum absolute atomic E-state index is 0.0145. The number of benzene rings is 2. The summed E-state index contributed by atoms with van der Waals surface area (Å²) in [6.07, 6.45) is 2.35. The van der Waals surface area contributed by atoms with Gasteiger partial charge in [-0.05, 0) is 55.7 Å². The molecule has 1 aliphatic rings. The molecule has 3 aromatic rings. The van der Waals surface area contributed by atoms with Crippen LogP contribution in [0.25, 0.3) is 10.2 Å². The zero-order valence-corrected chi connectivity index (χ0v) is 18.1. The maximum absolute atomic E-state index is 13.3. The highest BCUT2D eigenvalue weighted by atomic mass is 32.1. The molecule has 1 fully saturated rings. The van der Waals surface area contributed by atoms with E-state index < -0.39 is 0 Å². The summed E-state index contributed by atoms with van der Waals surface area (Å²) >= 11 is 1.50. The third-order valence-electron chi connectivity index (χ3n) is 5.12. The van der Waals surface area contributed by atoms with Crippen molar-refractivity contribution in [2.24, 2.45) is 0 Å². The largest absolute Gasteiger partial charge is 0.497 e. The van der Waals surface area contributed by atoms with Gasteiger partial charge in [-0.15, -0.1) is 0 Å². The van der Waals surface area contributed by atoms with Crippen molar-refractivity contribution in [2.75, 3.05) is 31.8 Å². The van der Waals surface area contributed by atoms with E-state index in [0.29, 0.717) is 24.7 Å². The van der Waals surface area contributed by atoms with Gasteiger partial charge in [0.15, 0.2) is 5.13 Å². The lowest BCUT2D eigenvalue weighted by atomic mass is 10.1. The molecule has 0 N–H and O–H groups in total. The summed E-state index contributed by atoms with van der Waals surface area (Å²) in [5.41, 5.74) is 1.81. The number of fused-ring (bicyclic) bond motifs is 1. The number of rotatable bonds is 8.